The van der Waals surface area contributed by atoms with Gasteiger partial charge < -0.3 is 0 Å². The molecule has 0 nitrogen and oxygen atoms in total. The van der Waals surface area contributed by atoms with Gasteiger partial charge >= 0.3 is 0 Å². The van der Waals surface area contributed by atoms with Gasteiger partial charge in [-0.05, 0) is 72.8 Å². The van der Waals surface area contributed by atoms with Crippen molar-refractivity contribution in [3.8, 4) is 0 Å². The Balaban J connectivity index is 1.80. The largest absolute Gasteiger partial charge is 0.0820 e. The minimum Gasteiger partial charge on any atom is -0.0820 e. The van der Waals surface area contributed by atoms with Crippen LogP contribution in [0.25, 0.3) is 0 Å². The van der Waals surface area contributed by atoms with Crippen LogP contribution < -0.4 is 0 Å². The first kappa shape index (κ1) is 24.8. The average molecular weight is 830 g/mol. The highest BCUT2D eigenvalue weighted by atomic mass is 127. The molecule has 0 aromatic heterocycles. The van der Waals surface area contributed by atoms with Crippen molar-refractivity contribution in [2.24, 2.45) is 17.8 Å². The Morgan fingerprint density at radius 3 is 2.39 bits per heavy atom. The maximum atomic E-state index is 2.81. The molecule has 28 heavy (non-hydrogen) atoms. The zero-order chi connectivity index (χ0) is 20.4. The number of rotatable bonds is 6. The lowest BCUT2D eigenvalue weighted by Gasteiger charge is -2.43. The molecule has 2 aliphatic rings. The van der Waals surface area contributed by atoms with Gasteiger partial charge in [-0.25, -0.2) is 0 Å². The maximum Gasteiger partial charge on any atom is 0.0258 e. The van der Waals surface area contributed by atoms with Crippen LogP contribution in [0.1, 0.15) is 82.3 Å². The Kier molecular flexibility index (Phi) is 10.0. The van der Waals surface area contributed by atoms with Crippen molar-refractivity contribution in [1.82, 2.24) is 0 Å². The number of hydrogen-bond acceptors (Lipinski definition) is 0. The van der Waals surface area contributed by atoms with Crippen LogP contribution in [-0.2, 0) is 0 Å². The van der Waals surface area contributed by atoms with Crippen molar-refractivity contribution < 1.29 is 0 Å². The third kappa shape index (κ3) is 5.54. The quantitative estimate of drug-likeness (QED) is 0.198. The highest BCUT2D eigenvalue weighted by molar-refractivity contribution is 14.1. The van der Waals surface area contributed by atoms with E-state index in [4.69, 9.17) is 0 Å². The molecule has 0 amide bonds. The molecule has 4 heteroatoms. The van der Waals surface area contributed by atoms with Crippen molar-refractivity contribution in [2.75, 3.05) is 0 Å². The Bertz CT molecular complexity index is 633. The summed E-state index contributed by atoms with van der Waals surface area (Å²) in [6.45, 7) is 7.35. The Morgan fingerprint density at radius 2 is 1.71 bits per heavy atom. The van der Waals surface area contributed by atoms with E-state index in [1.165, 1.54) is 38.5 Å². The number of alkyl halides is 4. The molecule has 1 saturated carbocycles. The molecule has 0 heterocycles. The minimum atomic E-state index is 0.730. The molecule has 9 atom stereocenters. The molecule has 2 aliphatic carbocycles. The normalized spacial score (nSPS) is 37.9. The lowest BCUT2D eigenvalue weighted by molar-refractivity contribution is 0.257. The van der Waals surface area contributed by atoms with Crippen LogP contribution in [0.4, 0.5) is 0 Å². The summed E-state index contributed by atoms with van der Waals surface area (Å²) in [5.74, 6) is 4.05. The topological polar surface area (TPSA) is 0 Å². The standard InChI is InChI=1S/C24H34I4/c1-4-7-20(25)19-13-21(26)22(18-9-6-5-8-17(18)19)15(3)12-16-11-10-14(2)23(27)24(16)28/h5-6,8-9,14-16,19-24H,4,7,10-13H2,1-3H3/t14?,15-,16?,19?,20?,21?,22?,23?,24?/m1/s1. The first-order valence-electron chi connectivity index (χ1n) is 11.0. The Labute approximate surface area is 227 Å². The molecule has 0 spiro atoms. The number of fused-ring (bicyclic) bond motifs is 1. The van der Waals surface area contributed by atoms with Gasteiger partial charge in [0.2, 0.25) is 0 Å². The summed E-state index contributed by atoms with van der Waals surface area (Å²) in [6.07, 6.45) is 8.28. The van der Waals surface area contributed by atoms with Gasteiger partial charge in [0.1, 0.15) is 0 Å². The molecule has 158 valence electrons. The molecule has 3 rings (SSSR count). The van der Waals surface area contributed by atoms with E-state index >= 15 is 0 Å². The van der Waals surface area contributed by atoms with Gasteiger partial charge in [-0.3, -0.25) is 0 Å². The second-order valence-electron chi connectivity index (χ2n) is 9.23. The summed E-state index contributed by atoms with van der Waals surface area (Å²) in [4.78, 5) is 0. The van der Waals surface area contributed by atoms with Crippen LogP contribution in [0.5, 0.6) is 0 Å². The SMILES string of the molecule is CCCC(I)C1CC(I)C([C@H](C)CC2CCC(C)C(I)C2I)c2ccccc21. The molecule has 1 fully saturated rings. The van der Waals surface area contributed by atoms with Gasteiger partial charge in [0.05, 0.1) is 0 Å². The van der Waals surface area contributed by atoms with Gasteiger partial charge in [-0.2, -0.15) is 0 Å². The van der Waals surface area contributed by atoms with Crippen LogP contribution >= 0.6 is 90.4 Å². The van der Waals surface area contributed by atoms with Crippen molar-refractivity contribution in [3.63, 3.8) is 0 Å². The average Bonchev–Trinajstić information content (AvgIpc) is 2.67. The summed E-state index contributed by atoms with van der Waals surface area (Å²) >= 11 is 11.1. The van der Waals surface area contributed by atoms with Crippen LogP contribution in [-0.4, -0.2) is 15.7 Å². The lowest BCUT2D eigenvalue weighted by atomic mass is 9.68. The minimum absolute atomic E-state index is 0.730. The highest BCUT2D eigenvalue weighted by Gasteiger charge is 2.41. The highest BCUT2D eigenvalue weighted by Crippen LogP contribution is 2.51. The predicted molar refractivity (Wildman–Crippen MR) is 158 cm³/mol. The van der Waals surface area contributed by atoms with E-state index in [0.717, 1.165) is 45.3 Å². The van der Waals surface area contributed by atoms with E-state index in [1.807, 2.05) is 0 Å². The van der Waals surface area contributed by atoms with Crippen molar-refractivity contribution in [1.29, 1.82) is 0 Å². The lowest BCUT2D eigenvalue weighted by Crippen LogP contribution is -2.37. The predicted octanol–water partition coefficient (Wildman–Crippen LogP) is 9.34. The molecular weight excluding hydrogens is 796 g/mol. The van der Waals surface area contributed by atoms with Gasteiger partial charge in [-0.15, -0.1) is 0 Å². The molecule has 0 saturated heterocycles. The molecule has 0 radical (unpaired) electrons. The first-order valence-corrected chi connectivity index (χ1v) is 16.0. The van der Waals surface area contributed by atoms with Gasteiger partial charge in [0, 0.05) is 15.7 Å². The third-order valence-electron chi connectivity index (χ3n) is 7.20. The van der Waals surface area contributed by atoms with E-state index in [1.54, 1.807) is 11.1 Å². The molecule has 0 bridgehead atoms. The van der Waals surface area contributed by atoms with E-state index < -0.39 is 0 Å². The van der Waals surface area contributed by atoms with Crippen LogP contribution in [0.3, 0.4) is 0 Å². The van der Waals surface area contributed by atoms with Crippen molar-refractivity contribution in [2.45, 2.75) is 86.8 Å². The Morgan fingerprint density at radius 1 is 1.04 bits per heavy atom. The van der Waals surface area contributed by atoms with Crippen LogP contribution in [0.15, 0.2) is 24.3 Å². The number of hydrogen-bond donors (Lipinski definition) is 0. The van der Waals surface area contributed by atoms with E-state index in [2.05, 4.69) is 135 Å². The maximum absolute atomic E-state index is 2.81. The zero-order valence-electron chi connectivity index (χ0n) is 17.3. The summed E-state index contributed by atoms with van der Waals surface area (Å²) in [7, 11) is 0. The molecule has 0 aliphatic heterocycles. The molecule has 1 aromatic rings. The van der Waals surface area contributed by atoms with E-state index in [9.17, 15) is 0 Å². The summed E-state index contributed by atoms with van der Waals surface area (Å²) in [5.41, 5.74) is 3.36. The molecule has 1 aromatic carbocycles. The summed E-state index contributed by atoms with van der Waals surface area (Å²) in [5, 5.41) is 0. The first-order chi connectivity index (χ1) is 13.3. The Hall–Kier alpha value is 2.14. The van der Waals surface area contributed by atoms with E-state index in [-0.39, 0.29) is 0 Å². The zero-order valence-corrected chi connectivity index (χ0v) is 25.9. The van der Waals surface area contributed by atoms with Crippen molar-refractivity contribution in [3.05, 3.63) is 35.4 Å². The van der Waals surface area contributed by atoms with Crippen LogP contribution in [0.2, 0.25) is 0 Å². The van der Waals surface area contributed by atoms with Gasteiger partial charge in [0.15, 0.2) is 0 Å². The van der Waals surface area contributed by atoms with Gasteiger partial charge in [0.25, 0.3) is 0 Å². The summed E-state index contributed by atoms with van der Waals surface area (Å²) in [6, 6.07) is 9.49. The molecule has 0 N–H and O–H groups in total. The number of benzene rings is 1. The molecular formula is C24H34I4. The summed E-state index contributed by atoms with van der Waals surface area (Å²) < 4.78 is 3.23. The monoisotopic (exact) mass is 830 g/mol. The fraction of sp³-hybridized carbons (Fsp3) is 0.750. The molecule has 8 unspecified atom stereocenters. The second kappa shape index (κ2) is 11.3. The van der Waals surface area contributed by atoms with Crippen LogP contribution in [0, 0.1) is 17.8 Å². The third-order valence-corrected chi connectivity index (χ3v) is 15.1. The van der Waals surface area contributed by atoms with Gasteiger partial charge in [-0.1, -0.05) is 142 Å². The fourth-order valence-corrected chi connectivity index (χ4v) is 10.8. The van der Waals surface area contributed by atoms with E-state index in [0.29, 0.717) is 0 Å². The second-order valence-corrected chi connectivity index (χ2v) is 15.3. The fourth-order valence-electron chi connectivity index (χ4n) is 5.59. The number of halogens is 4. The van der Waals surface area contributed by atoms with Crippen molar-refractivity contribution >= 4 is 90.4 Å². The smallest absolute Gasteiger partial charge is 0.0258 e.